The molecule has 2 aromatic heterocycles. The van der Waals surface area contributed by atoms with Crippen molar-refractivity contribution in [1.29, 1.82) is 0 Å². The van der Waals surface area contributed by atoms with Gasteiger partial charge in [0.2, 0.25) is 5.91 Å². The van der Waals surface area contributed by atoms with Crippen LogP contribution in [0.1, 0.15) is 23.1 Å². The molecule has 3 heterocycles. The van der Waals surface area contributed by atoms with E-state index >= 15 is 0 Å². The molecular formula is C18H20N6O. The van der Waals surface area contributed by atoms with Crippen LogP contribution in [-0.4, -0.2) is 42.4 Å². The van der Waals surface area contributed by atoms with Gasteiger partial charge in [-0.3, -0.25) is 14.0 Å². The Balaban J connectivity index is 1.82. The zero-order valence-electron chi connectivity index (χ0n) is 14.5. The van der Waals surface area contributed by atoms with E-state index in [-0.39, 0.29) is 11.9 Å². The van der Waals surface area contributed by atoms with Crippen molar-refractivity contribution in [3.8, 4) is 11.5 Å². The van der Waals surface area contributed by atoms with Crippen LogP contribution in [-0.2, 0) is 24.8 Å². The first-order chi connectivity index (χ1) is 12.0. The minimum absolute atomic E-state index is 0.0799. The lowest BCUT2D eigenvalue weighted by atomic mass is 10.0. The summed E-state index contributed by atoms with van der Waals surface area (Å²) >= 11 is 0. The maximum absolute atomic E-state index is 12.9. The summed E-state index contributed by atoms with van der Waals surface area (Å²) in [7, 11) is 3.69. The number of aromatic nitrogens is 5. The van der Waals surface area contributed by atoms with Crippen molar-refractivity contribution in [2.45, 2.75) is 25.9 Å². The first-order valence-corrected chi connectivity index (χ1v) is 8.28. The predicted molar refractivity (Wildman–Crippen MR) is 92.6 cm³/mol. The number of carbonyl (C=O) groups is 1. The first-order valence-electron chi connectivity index (χ1n) is 8.28. The minimum atomic E-state index is -0.351. The summed E-state index contributed by atoms with van der Waals surface area (Å²) in [4.78, 5) is 14.6. The molecule has 0 fully saturated rings. The predicted octanol–water partition coefficient (Wildman–Crippen LogP) is 1.74. The Morgan fingerprint density at radius 2 is 1.92 bits per heavy atom. The van der Waals surface area contributed by atoms with Gasteiger partial charge in [-0.2, -0.15) is 5.10 Å². The molecule has 0 N–H and O–H groups in total. The van der Waals surface area contributed by atoms with E-state index in [0.29, 0.717) is 18.8 Å². The quantitative estimate of drug-likeness (QED) is 0.731. The highest BCUT2D eigenvalue weighted by atomic mass is 16.2. The average molecular weight is 336 g/mol. The Morgan fingerprint density at radius 1 is 1.16 bits per heavy atom. The van der Waals surface area contributed by atoms with Crippen molar-refractivity contribution in [2.24, 2.45) is 7.05 Å². The molecule has 0 radical (unpaired) electrons. The maximum Gasteiger partial charge on any atom is 0.246 e. The molecule has 128 valence electrons. The summed E-state index contributed by atoms with van der Waals surface area (Å²) in [6.07, 6.45) is 0.610. The Kier molecular flexibility index (Phi) is 3.63. The molecular weight excluding hydrogens is 316 g/mol. The summed E-state index contributed by atoms with van der Waals surface area (Å²) in [5.74, 6) is 1.58. The molecule has 1 aliphatic rings. The van der Waals surface area contributed by atoms with Gasteiger partial charge in [0.25, 0.3) is 0 Å². The summed E-state index contributed by atoms with van der Waals surface area (Å²) in [6.45, 7) is 2.41. The highest BCUT2D eigenvalue weighted by Crippen LogP contribution is 2.30. The van der Waals surface area contributed by atoms with Gasteiger partial charge in [-0.25, -0.2) is 0 Å². The zero-order chi connectivity index (χ0) is 17.6. The van der Waals surface area contributed by atoms with E-state index < -0.39 is 0 Å². The average Bonchev–Trinajstić information content (AvgIpc) is 3.15. The Hall–Kier alpha value is -2.96. The molecule has 1 aromatic carbocycles. The lowest BCUT2D eigenvalue weighted by Gasteiger charge is -2.31. The standard InChI is InChI=1S/C18H20N6O/c1-12-9-14(23(3)21-12)17-20-19-16-11-22(2)18(25)15(24(16)17)10-13-7-5-4-6-8-13/h4-9,15H,10-11H2,1-3H3/t15-/m0/s1. The Labute approximate surface area is 145 Å². The molecule has 1 amide bonds. The second-order valence-electron chi connectivity index (χ2n) is 6.50. The van der Waals surface area contributed by atoms with Gasteiger partial charge in [0.15, 0.2) is 11.6 Å². The molecule has 1 aliphatic heterocycles. The number of fused-ring (bicyclic) bond motifs is 1. The van der Waals surface area contributed by atoms with Crippen LogP contribution in [0.25, 0.3) is 11.5 Å². The van der Waals surface area contributed by atoms with E-state index in [0.717, 1.165) is 22.8 Å². The number of nitrogens with zero attached hydrogens (tertiary/aromatic N) is 6. The molecule has 0 saturated carbocycles. The molecule has 0 aliphatic carbocycles. The topological polar surface area (TPSA) is 68.8 Å². The number of hydrogen-bond acceptors (Lipinski definition) is 4. The van der Waals surface area contributed by atoms with E-state index in [2.05, 4.69) is 15.3 Å². The zero-order valence-corrected chi connectivity index (χ0v) is 14.5. The normalized spacial score (nSPS) is 17.0. The highest BCUT2D eigenvalue weighted by molar-refractivity contribution is 5.82. The van der Waals surface area contributed by atoms with Crippen LogP contribution in [0.15, 0.2) is 36.4 Å². The van der Waals surface area contributed by atoms with Crippen molar-refractivity contribution in [1.82, 2.24) is 29.4 Å². The number of rotatable bonds is 3. The van der Waals surface area contributed by atoms with Crippen LogP contribution in [0.4, 0.5) is 0 Å². The number of likely N-dealkylation sites (N-methyl/N-ethyl adjacent to an activating group) is 1. The minimum Gasteiger partial charge on any atom is -0.336 e. The van der Waals surface area contributed by atoms with Crippen molar-refractivity contribution in [3.63, 3.8) is 0 Å². The fraction of sp³-hybridized carbons (Fsp3) is 0.333. The Morgan fingerprint density at radius 3 is 2.60 bits per heavy atom. The van der Waals surface area contributed by atoms with Gasteiger partial charge in [-0.1, -0.05) is 30.3 Å². The first kappa shape index (κ1) is 15.6. The number of amides is 1. The highest BCUT2D eigenvalue weighted by Gasteiger charge is 2.35. The van der Waals surface area contributed by atoms with E-state index in [1.807, 2.05) is 62.0 Å². The van der Waals surface area contributed by atoms with Gasteiger partial charge in [0.05, 0.1) is 12.2 Å². The van der Waals surface area contributed by atoms with Crippen LogP contribution >= 0.6 is 0 Å². The second-order valence-corrected chi connectivity index (χ2v) is 6.50. The van der Waals surface area contributed by atoms with E-state index in [9.17, 15) is 4.79 Å². The Bertz CT molecular complexity index is 926. The lowest BCUT2D eigenvalue weighted by molar-refractivity contribution is -0.135. The van der Waals surface area contributed by atoms with Crippen molar-refractivity contribution in [2.75, 3.05) is 7.05 Å². The van der Waals surface area contributed by atoms with Crippen LogP contribution in [0.2, 0.25) is 0 Å². The summed E-state index contributed by atoms with van der Waals surface area (Å²) in [5, 5.41) is 13.1. The smallest absolute Gasteiger partial charge is 0.246 e. The molecule has 1 atom stereocenters. The van der Waals surface area contributed by atoms with Gasteiger partial charge in [-0.05, 0) is 18.6 Å². The third-order valence-corrected chi connectivity index (χ3v) is 4.62. The third kappa shape index (κ3) is 2.61. The fourth-order valence-corrected chi connectivity index (χ4v) is 3.42. The molecule has 4 rings (SSSR count). The van der Waals surface area contributed by atoms with E-state index in [1.165, 1.54) is 0 Å². The van der Waals surface area contributed by atoms with Crippen LogP contribution < -0.4 is 0 Å². The van der Waals surface area contributed by atoms with Crippen molar-refractivity contribution in [3.05, 3.63) is 53.5 Å². The third-order valence-electron chi connectivity index (χ3n) is 4.62. The van der Waals surface area contributed by atoms with Gasteiger partial charge >= 0.3 is 0 Å². The second kappa shape index (κ2) is 5.84. The number of carbonyl (C=O) groups excluding carboxylic acids is 1. The molecule has 0 spiro atoms. The maximum atomic E-state index is 12.9. The molecule has 0 saturated heterocycles. The molecule has 0 unspecified atom stereocenters. The molecule has 25 heavy (non-hydrogen) atoms. The number of aryl methyl sites for hydroxylation is 2. The van der Waals surface area contributed by atoms with Crippen LogP contribution in [0, 0.1) is 6.92 Å². The van der Waals surface area contributed by atoms with Crippen molar-refractivity contribution < 1.29 is 4.79 Å². The molecule has 0 bridgehead atoms. The largest absolute Gasteiger partial charge is 0.336 e. The number of benzene rings is 1. The van der Waals surface area contributed by atoms with Crippen molar-refractivity contribution >= 4 is 5.91 Å². The number of hydrogen-bond donors (Lipinski definition) is 0. The summed E-state index contributed by atoms with van der Waals surface area (Å²) in [6, 6.07) is 11.7. The summed E-state index contributed by atoms with van der Waals surface area (Å²) < 4.78 is 3.76. The van der Waals surface area contributed by atoms with Crippen LogP contribution in [0.3, 0.4) is 0 Å². The fourth-order valence-electron chi connectivity index (χ4n) is 3.42. The summed E-state index contributed by atoms with van der Waals surface area (Å²) in [5.41, 5.74) is 2.89. The van der Waals surface area contributed by atoms with E-state index in [4.69, 9.17) is 0 Å². The van der Waals surface area contributed by atoms with Gasteiger partial charge < -0.3 is 4.90 Å². The van der Waals surface area contributed by atoms with Gasteiger partial charge in [0, 0.05) is 20.5 Å². The molecule has 3 aromatic rings. The SMILES string of the molecule is Cc1cc(-c2nnc3n2[C@@H](Cc2ccccc2)C(=O)N(C)C3)n(C)n1. The van der Waals surface area contributed by atoms with Gasteiger partial charge in [0.1, 0.15) is 11.7 Å². The van der Waals surface area contributed by atoms with E-state index in [1.54, 1.807) is 9.58 Å². The van der Waals surface area contributed by atoms with Crippen LogP contribution in [0.5, 0.6) is 0 Å². The molecule has 7 nitrogen and oxygen atoms in total. The van der Waals surface area contributed by atoms with Gasteiger partial charge in [-0.15, -0.1) is 10.2 Å². The molecule has 7 heteroatoms. The lowest BCUT2D eigenvalue weighted by Crippen LogP contribution is -2.41. The monoisotopic (exact) mass is 336 g/mol.